The van der Waals surface area contributed by atoms with Crippen LogP contribution in [0.1, 0.15) is 31.2 Å². The average Bonchev–Trinajstić information content (AvgIpc) is 3.09. The Balaban J connectivity index is 1.58. The van der Waals surface area contributed by atoms with Crippen LogP contribution in [0, 0.1) is 5.92 Å². The van der Waals surface area contributed by atoms with Crippen LogP contribution in [-0.4, -0.2) is 50.9 Å². The molecule has 1 saturated carbocycles. The van der Waals surface area contributed by atoms with Crippen molar-refractivity contribution < 1.29 is 17.9 Å². The van der Waals surface area contributed by atoms with Crippen LogP contribution in [0.2, 0.25) is 0 Å². The second kappa shape index (κ2) is 9.51. The standard InChI is InChI=1S/C24H30N2O4S/c1-30-17-31(28,29)25-22-13-14-26(24(27)20-10-6-11-20)23(22)16-18-7-5-12-21(15-18)19-8-3-2-4-9-19/h2-5,7-9,12,15,20,22-23,25H,6,10-11,13-14,16-17H2,1H3/t22?,23-/m0/s1. The third-order valence-corrected chi connectivity index (χ3v) is 7.57. The maximum Gasteiger partial charge on any atom is 0.236 e. The molecule has 0 spiro atoms. The van der Waals surface area contributed by atoms with Crippen molar-refractivity contribution in [3.05, 3.63) is 60.2 Å². The fourth-order valence-electron chi connectivity index (χ4n) is 4.58. The SMILES string of the molecule is COCS(=O)(=O)NC1CCN(C(=O)C2CCC2)[C@H]1Cc1cccc(-c2ccccc2)c1. The van der Waals surface area contributed by atoms with Gasteiger partial charge >= 0.3 is 0 Å². The number of carbonyl (C=O) groups is 1. The number of hydrogen-bond acceptors (Lipinski definition) is 4. The maximum atomic E-state index is 13.1. The Morgan fingerprint density at radius 1 is 1.06 bits per heavy atom. The second-order valence-corrected chi connectivity index (χ2v) is 10.2. The summed E-state index contributed by atoms with van der Waals surface area (Å²) in [7, 11) is -2.19. The number of carbonyl (C=O) groups excluding carboxylic acids is 1. The first-order chi connectivity index (χ1) is 15.0. The molecule has 1 heterocycles. The van der Waals surface area contributed by atoms with Crippen LogP contribution >= 0.6 is 0 Å². The van der Waals surface area contributed by atoms with Gasteiger partial charge in [-0.2, -0.15) is 0 Å². The van der Waals surface area contributed by atoms with Crippen molar-refractivity contribution >= 4 is 15.9 Å². The molecule has 31 heavy (non-hydrogen) atoms. The lowest BCUT2D eigenvalue weighted by atomic mass is 9.84. The topological polar surface area (TPSA) is 75.7 Å². The molecular formula is C24H30N2O4S. The van der Waals surface area contributed by atoms with Crippen molar-refractivity contribution in [3.63, 3.8) is 0 Å². The van der Waals surface area contributed by atoms with Gasteiger partial charge in [-0.25, -0.2) is 13.1 Å². The number of sulfonamides is 1. The molecule has 2 atom stereocenters. The fraction of sp³-hybridized carbons (Fsp3) is 0.458. The minimum atomic E-state index is -3.56. The van der Waals surface area contributed by atoms with Crippen molar-refractivity contribution in [2.24, 2.45) is 5.92 Å². The molecule has 1 unspecified atom stereocenters. The van der Waals surface area contributed by atoms with Crippen LogP contribution < -0.4 is 4.72 Å². The van der Waals surface area contributed by atoms with E-state index in [-0.39, 0.29) is 29.8 Å². The van der Waals surface area contributed by atoms with Crippen LogP contribution in [0.5, 0.6) is 0 Å². The summed E-state index contributed by atoms with van der Waals surface area (Å²) in [5.74, 6) is -0.118. The summed E-state index contributed by atoms with van der Waals surface area (Å²) in [6.45, 7) is 0.582. The van der Waals surface area contributed by atoms with E-state index in [1.54, 1.807) is 0 Å². The van der Waals surface area contributed by atoms with Gasteiger partial charge in [0.05, 0.1) is 6.04 Å². The Hall–Kier alpha value is -2.22. The molecule has 4 rings (SSSR count). The smallest absolute Gasteiger partial charge is 0.236 e. The van der Waals surface area contributed by atoms with Crippen molar-refractivity contribution in [2.75, 3.05) is 19.6 Å². The highest BCUT2D eigenvalue weighted by atomic mass is 32.2. The van der Waals surface area contributed by atoms with Crippen molar-refractivity contribution in [1.82, 2.24) is 9.62 Å². The number of nitrogens with zero attached hydrogens (tertiary/aromatic N) is 1. The molecular weight excluding hydrogens is 412 g/mol. The van der Waals surface area contributed by atoms with E-state index < -0.39 is 10.0 Å². The molecule has 166 valence electrons. The summed E-state index contributed by atoms with van der Waals surface area (Å²) in [5.41, 5.74) is 3.34. The van der Waals surface area contributed by atoms with Gasteiger partial charge < -0.3 is 9.64 Å². The fourth-order valence-corrected chi connectivity index (χ4v) is 5.69. The Morgan fingerprint density at radius 2 is 1.81 bits per heavy atom. The van der Waals surface area contributed by atoms with Crippen molar-refractivity contribution in [3.8, 4) is 11.1 Å². The Bertz CT molecular complexity index is 1010. The first-order valence-electron chi connectivity index (χ1n) is 10.9. The molecule has 2 aliphatic rings. The molecule has 1 aliphatic carbocycles. The molecule has 2 aromatic carbocycles. The summed E-state index contributed by atoms with van der Waals surface area (Å²) in [5, 5.41) is 0. The van der Waals surface area contributed by atoms with Gasteiger partial charge in [0.15, 0.2) is 5.94 Å². The van der Waals surface area contributed by atoms with Gasteiger partial charge in [0.2, 0.25) is 15.9 Å². The van der Waals surface area contributed by atoms with Gasteiger partial charge in [0, 0.05) is 25.6 Å². The highest BCUT2D eigenvalue weighted by molar-refractivity contribution is 7.89. The molecule has 0 bridgehead atoms. The molecule has 6 nitrogen and oxygen atoms in total. The summed E-state index contributed by atoms with van der Waals surface area (Å²) in [6.07, 6.45) is 4.19. The predicted octanol–water partition coefficient (Wildman–Crippen LogP) is 3.19. The van der Waals surface area contributed by atoms with E-state index in [1.807, 2.05) is 29.2 Å². The van der Waals surface area contributed by atoms with E-state index >= 15 is 0 Å². The molecule has 0 radical (unpaired) electrons. The zero-order valence-electron chi connectivity index (χ0n) is 17.9. The molecule has 0 aromatic heterocycles. The minimum Gasteiger partial charge on any atom is -0.367 e. The first kappa shape index (κ1) is 22.0. The third-order valence-electron chi connectivity index (χ3n) is 6.37. The predicted molar refractivity (Wildman–Crippen MR) is 121 cm³/mol. The normalized spacial score (nSPS) is 21.8. The van der Waals surface area contributed by atoms with Crippen LogP contribution in [0.4, 0.5) is 0 Å². The zero-order chi connectivity index (χ0) is 21.8. The van der Waals surface area contributed by atoms with Gasteiger partial charge in [-0.05, 0) is 42.4 Å². The third kappa shape index (κ3) is 5.17. The van der Waals surface area contributed by atoms with Crippen LogP contribution in [0.15, 0.2) is 54.6 Å². The van der Waals surface area contributed by atoms with E-state index in [0.717, 1.165) is 36.0 Å². The quantitative estimate of drug-likeness (QED) is 0.681. The van der Waals surface area contributed by atoms with E-state index in [2.05, 4.69) is 35.1 Å². The number of nitrogens with one attached hydrogen (secondary N) is 1. The van der Waals surface area contributed by atoms with Gasteiger partial charge in [-0.15, -0.1) is 0 Å². The molecule has 1 saturated heterocycles. The Morgan fingerprint density at radius 3 is 2.48 bits per heavy atom. The Labute approximate surface area is 184 Å². The highest BCUT2D eigenvalue weighted by Gasteiger charge is 2.42. The molecule has 2 aromatic rings. The monoisotopic (exact) mass is 442 g/mol. The highest BCUT2D eigenvalue weighted by Crippen LogP contribution is 2.33. The largest absolute Gasteiger partial charge is 0.367 e. The number of likely N-dealkylation sites (tertiary alicyclic amines) is 1. The number of benzene rings is 2. The van der Waals surface area contributed by atoms with Gasteiger partial charge in [0.1, 0.15) is 0 Å². The van der Waals surface area contributed by atoms with Crippen molar-refractivity contribution in [2.45, 2.75) is 44.2 Å². The van der Waals surface area contributed by atoms with Crippen LogP contribution in [0.3, 0.4) is 0 Å². The molecule has 2 fully saturated rings. The lowest BCUT2D eigenvalue weighted by Gasteiger charge is -2.34. The van der Waals surface area contributed by atoms with E-state index in [0.29, 0.717) is 19.4 Å². The van der Waals surface area contributed by atoms with E-state index in [9.17, 15) is 13.2 Å². The molecule has 7 heteroatoms. The van der Waals surface area contributed by atoms with E-state index in [4.69, 9.17) is 4.74 Å². The number of rotatable bonds is 8. The lowest BCUT2D eigenvalue weighted by Crippen LogP contribution is -2.50. The summed E-state index contributed by atoms with van der Waals surface area (Å²) in [4.78, 5) is 15.0. The lowest BCUT2D eigenvalue weighted by molar-refractivity contribution is -0.139. The summed E-state index contributed by atoms with van der Waals surface area (Å²) >= 11 is 0. The zero-order valence-corrected chi connectivity index (χ0v) is 18.7. The first-order valence-corrected chi connectivity index (χ1v) is 12.6. The molecule has 1 amide bonds. The Kier molecular flexibility index (Phi) is 6.74. The van der Waals surface area contributed by atoms with Gasteiger partial charge in [-0.1, -0.05) is 61.0 Å². The van der Waals surface area contributed by atoms with Gasteiger partial charge in [-0.3, -0.25) is 4.79 Å². The number of amides is 1. The van der Waals surface area contributed by atoms with Crippen LogP contribution in [0.25, 0.3) is 11.1 Å². The number of ether oxygens (including phenoxy) is 1. The average molecular weight is 443 g/mol. The second-order valence-electron chi connectivity index (χ2n) is 8.53. The number of methoxy groups -OCH3 is 1. The van der Waals surface area contributed by atoms with Gasteiger partial charge in [0.25, 0.3) is 0 Å². The maximum absolute atomic E-state index is 13.1. The van der Waals surface area contributed by atoms with E-state index in [1.165, 1.54) is 7.11 Å². The summed E-state index contributed by atoms with van der Waals surface area (Å²) < 4.78 is 32.4. The van der Waals surface area contributed by atoms with Crippen LogP contribution in [-0.2, 0) is 26.0 Å². The number of hydrogen-bond donors (Lipinski definition) is 1. The summed E-state index contributed by atoms with van der Waals surface area (Å²) in [6, 6.07) is 17.9. The van der Waals surface area contributed by atoms with Crippen molar-refractivity contribution in [1.29, 1.82) is 0 Å². The molecule has 1 N–H and O–H groups in total. The minimum absolute atomic E-state index is 0.0903. The molecule has 1 aliphatic heterocycles.